The van der Waals surface area contributed by atoms with E-state index in [0.717, 1.165) is 17.9 Å². The van der Waals surface area contributed by atoms with Crippen molar-refractivity contribution in [3.63, 3.8) is 0 Å². The Morgan fingerprint density at radius 2 is 2.36 bits per heavy atom. The smallest absolute Gasteiger partial charge is 0.190 e. The van der Waals surface area contributed by atoms with Gasteiger partial charge in [0.15, 0.2) is 5.89 Å². The molecule has 0 aromatic carbocycles. The van der Waals surface area contributed by atoms with E-state index >= 15 is 0 Å². The van der Waals surface area contributed by atoms with E-state index in [1.807, 2.05) is 12.2 Å². The molecule has 0 radical (unpaired) electrons. The van der Waals surface area contributed by atoms with Crippen molar-refractivity contribution in [1.29, 1.82) is 0 Å². The maximum atomic E-state index is 4.72. The fourth-order valence-electron chi connectivity index (χ4n) is 0.617. The summed E-state index contributed by atoms with van der Waals surface area (Å²) in [5, 5.41) is 0. The zero-order valence-corrected chi connectivity index (χ0v) is 8.86. The minimum absolute atomic E-state index is 0.718. The van der Waals surface area contributed by atoms with Gasteiger partial charge in [-0.1, -0.05) is 43.9 Å². The molecule has 14 heavy (non-hydrogen) atoms. The van der Waals surface area contributed by atoms with E-state index in [1.165, 1.54) is 0 Å². The van der Waals surface area contributed by atoms with Crippen LogP contribution in [0.3, 0.4) is 0 Å². The number of hydrogen-bond acceptors (Lipinski definition) is 2. The number of oxazole rings is 1. The number of aryl methyl sites for hydroxylation is 1. The van der Waals surface area contributed by atoms with E-state index < -0.39 is 0 Å². The van der Waals surface area contributed by atoms with Gasteiger partial charge < -0.3 is 4.42 Å². The Labute approximate surface area is 85.7 Å². The van der Waals surface area contributed by atoms with Crippen LogP contribution in [0.5, 0.6) is 0 Å². The lowest BCUT2D eigenvalue weighted by Gasteiger charge is -1.86. The molecule has 2 heteroatoms. The second-order valence-corrected chi connectivity index (χ2v) is 2.66. The van der Waals surface area contributed by atoms with Crippen molar-refractivity contribution in [2.45, 2.75) is 20.3 Å². The molecule has 0 fully saturated rings. The zero-order chi connectivity index (χ0) is 10.8. The first-order valence-electron chi connectivity index (χ1n) is 4.53. The normalized spacial score (nSPS) is 9.29. The number of allylic oxidation sites excluding steroid dienone is 4. The molecular formula is C12H17NO. The summed E-state index contributed by atoms with van der Waals surface area (Å²) in [7, 11) is 0. The average Bonchev–Trinajstić information content (AvgIpc) is 2.66. The molecule has 0 aliphatic heterocycles. The van der Waals surface area contributed by atoms with Gasteiger partial charge in [0.2, 0.25) is 0 Å². The first-order chi connectivity index (χ1) is 6.70. The van der Waals surface area contributed by atoms with Gasteiger partial charge in [-0.25, -0.2) is 4.98 Å². The maximum absolute atomic E-state index is 4.72. The highest BCUT2D eigenvalue weighted by molar-refractivity contribution is 5.17. The Bertz CT molecular complexity index is 283. The molecule has 0 unspecified atom stereocenters. The SMILES string of the molecule is C=C/C=C\C(=C)CC.Cc1ncco1. The van der Waals surface area contributed by atoms with Gasteiger partial charge in [0.1, 0.15) is 6.26 Å². The predicted molar refractivity (Wildman–Crippen MR) is 60.0 cm³/mol. The van der Waals surface area contributed by atoms with E-state index in [0.29, 0.717) is 0 Å². The lowest BCUT2D eigenvalue weighted by atomic mass is 10.2. The second kappa shape index (κ2) is 8.05. The van der Waals surface area contributed by atoms with Gasteiger partial charge in [-0.2, -0.15) is 0 Å². The topological polar surface area (TPSA) is 26.0 Å². The Morgan fingerprint density at radius 3 is 2.64 bits per heavy atom. The molecule has 0 atom stereocenters. The summed E-state index contributed by atoms with van der Waals surface area (Å²) in [5.74, 6) is 0.718. The molecule has 0 bridgehead atoms. The molecule has 0 spiro atoms. The minimum atomic E-state index is 0.718. The third-order valence-electron chi connectivity index (χ3n) is 1.48. The first kappa shape index (κ1) is 12.4. The third-order valence-corrected chi connectivity index (χ3v) is 1.48. The molecule has 2 nitrogen and oxygen atoms in total. The number of rotatable bonds is 3. The van der Waals surface area contributed by atoms with Crippen LogP contribution in [0.2, 0.25) is 0 Å². The molecule has 0 saturated heterocycles. The van der Waals surface area contributed by atoms with Crippen LogP contribution in [-0.2, 0) is 0 Å². The van der Waals surface area contributed by atoms with Gasteiger partial charge in [-0.3, -0.25) is 0 Å². The van der Waals surface area contributed by atoms with Crippen LogP contribution >= 0.6 is 0 Å². The lowest BCUT2D eigenvalue weighted by molar-refractivity contribution is 0.521. The monoisotopic (exact) mass is 191 g/mol. The van der Waals surface area contributed by atoms with Crippen molar-refractivity contribution in [1.82, 2.24) is 4.98 Å². The van der Waals surface area contributed by atoms with E-state index in [9.17, 15) is 0 Å². The van der Waals surface area contributed by atoms with Crippen LogP contribution < -0.4 is 0 Å². The number of nitrogens with zero attached hydrogens (tertiary/aromatic N) is 1. The van der Waals surface area contributed by atoms with Crippen molar-refractivity contribution in [2.24, 2.45) is 0 Å². The summed E-state index contributed by atoms with van der Waals surface area (Å²) >= 11 is 0. The molecule has 0 N–H and O–H groups in total. The lowest BCUT2D eigenvalue weighted by Crippen LogP contribution is -1.65. The molecule has 1 heterocycles. The predicted octanol–water partition coefficient (Wildman–Crippen LogP) is 3.68. The van der Waals surface area contributed by atoms with Crippen LogP contribution in [0.4, 0.5) is 0 Å². The van der Waals surface area contributed by atoms with E-state index in [2.05, 4.69) is 25.1 Å². The molecule has 0 amide bonds. The van der Waals surface area contributed by atoms with Crippen molar-refractivity contribution in [2.75, 3.05) is 0 Å². The summed E-state index contributed by atoms with van der Waals surface area (Å²) in [6, 6.07) is 0. The molecule has 1 aromatic rings. The minimum Gasteiger partial charge on any atom is -0.449 e. The second-order valence-electron chi connectivity index (χ2n) is 2.66. The van der Waals surface area contributed by atoms with Gasteiger partial charge >= 0.3 is 0 Å². The van der Waals surface area contributed by atoms with Gasteiger partial charge in [-0.05, 0) is 6.42 Å². The zero-order valence-electron chi connectivity index (χ0n) is 8.86. The van der Waals surface area contributed by atoms with Gasteiger partial charge in [0.05, 0.1) is 6.20 Å². The fourth-order valence-corrected chi connectivity index (χ4v) is 0.617. The summed E-state index contributed by atoms with van der Waals surface area (Å²) < 4.78 is 4.72. The summed E-state index contributed by atoms with van der Waals surface area (Å²) in [5.41, 5.74) is 1.14. The van der Waals surface area contributed by atoms with Gasteiger partial charge in [0.25, 0.3) is 0 Å². The number of aromatic nitrogens is 1. The van der Waals surface area contributed by atoms with Gasteiger partial charge in [0, 0.05) is 6.92 Å². The molecule has 76 valence electrons. The average molecular weight is 191 g/mol. The molecule has 0 saturated carbocycles. The summed E-state index contributed by atoms with van der Waals surface area (Å²) in [4.78, 5) is 3.75. The molecule has 0 aliphatic carbocycles. The Hall–Kier alpha value is -1.57. The van der Waals surface area contributed by atoms with E-state index in [1.54, 1.807) is 25.5 Å². The van der Waals surface area contributed by atoms with Gasteiger partial charge in [-0.15, -0.1) is 0 Å². The van der Waals surface area contributed by atoms with Crippen molar-refractivity contribution in [3.8, 4) is 0 Å². The molecular weight excluding hydrogens is 174 g/mol. The van der Waals surface area contributed by atoms with E-state index in [4.69, 9.17) is 4.42 Å². The first-order valence-corrected chi connectivity index (χ1v) is 4.53. The maximum Gasteiger partial charge on any atom is 0.190 e. The fraction of sp³-hybridized carbons (Fsp3) is 0.250. The summed E-state index contributed by atoms with van der Waals surface area (Å²) in [6.07, 6.45) is 9.80. The highest BCUT2D eigenvalue weighted by Crippen LogP contribution is 1.96. The standard InChI is InChI=1S/C8H12.C4H5NO/c1-4-6-7-8(3)5-2;1-4-5-2-3-6-4/h4,6-7H,1,3,5H2,2H3;2-3H,1H3/b7-6-;. The Balaban J connectivity index is 0.000000249. The third kappa shape index (κ3) is 7.10. The van der Waals surface area contributed by atoms with Crippen LogP contribution in [0, 0.1) is 6.92 Å². The number of hydrogen-bond donors (Lipinski definition) is 0. The van der Waals surface area contributed by atoms with Crippen LogP contribution in [0.1, 0.15) is 19.2 Å². The quantitative estimate of drug-likeness (QED) is 0.681. The summed E-state index contributed by atoms with van der Waals surface area (Å²) in [6.45, 7) is 11.2. The Kier molecular flexibility index (Phi) is 7.15. The molecule has 1 rings (SSSR count). The van der Waals surface area contributed by atoms with Crippen LogP contribution in [-0.4, -0.2) is 4.98 Å². The largest absolute Gasteiger partial charge is 0.449 e. The molecule has 1 aromatic heterocycles. The Morgan fingerprint density at radius 1 is 1.64 bits per heavy atom. The highest BCUT2D eigenvalue weighted by atomic mass is 16.3. The highest BCUT2D eigenvalue weighted by Gasteiger charge is 1.77. The van der Waals surface area contributed by atoms with E-state index in [-0.39, 0.29) is 0 Å². The van der Waals surface area contributed by atoms with Crippen molar-refractivity contribution in [3.05, 3.63) is 55.3 Å². The molecule has 0 aliphatic rings. The van der Waals surface area contributed by atoms with Crippen LogP contribution in [0.25, 0.3) is 0 Å². The van der Waals surface area contributed by atoms with Crippen molar-refractivity contribution < 1.29 is 4.42 Å². The van der Waals surface area contributed by atoms with Crippen molar-refractivity contribution >= 4 is 0 Å². The van der Waals surface area contributed by atoms with Crippen LogP contribution in [0.15, 0.2) is 53.8 Å².